The van der Waals surface area contributed by atoms with E-state index in [9.17, 15) is 18.6 Å². The highest BCUT2D eigenvalue weighted by atomic mass is 32.2. The number of rotatable bonds is 12. The molecule has 2 atom stereocenters. The van der Waals surface area contributed by atoms with Gasteiger partial charge in [0, 0.05) is 0 Å². The summed E-state index contributed by atoms with van der Waals surface area (Å²) in [5.74, 6) is 1.08. The Morgan fingerprint density at radius 3 is 1.70 bits per heavy atom. The first-order valence-electron chi connectivity index (χ1n) is 9.14. The zero-order valence-electron chi connectivity index (χ0n) is 16.6. The predicted octanol–water partition coefficient (Wildman–Crippen LogP) is 1.20. The standard InChI is InChI=1S/C21H26O8S/c1-15(16-3-7-20(8-4-16)27-12-18(23)11-22)17-5-9-21(10-6-17)28-13-19(24)14-29-30(2,25)26/h3-10,18-19,22-24H,1,11-14H2,2H3. The molecule has 0 aliphatic heterocycles. The Bertz CT molecular complexity index is 907. The van der Waals surface area contributed by atoms with Gasteiger partial charge in [-0.1, -0.05) is 30.8 Å². The van der Waals surface area contributed by atoms with Crippen LogP contribution in [0.2, 0.25) is 0 Å². The molecule has 0 bridgehead atoms. The average molecular weight is 438 g/mol. The van der Waals surface area contributed by atoms with Crippen molar-refractivity contribution in [3.63, 3.8) is 0 Å². The first kappa shape index (κ1) is 23.8. The van der Waals surface area contributed by atoms with E-state index in [1.54, 1.807) is 24.3 Å². The Labute approximate surface area is 176 Å². The summed E-state index contributed by atoms with van der Waals surface area (Å²) < 4.78 is 37.2. The van der Waals surface area contributed by atoms with E-state index in [0.29, 0.717) is 11.5 Å². The fourth-order valence-electron chi connectivity index (χ4n) is 2.36. The molecule has 9 heteroatoms. The van der Waals surface area contributed by atoms with Crippen LogP contribution in [0.25, 0.3) is 5.57 Å². The maximum atomic E-state index is 10.9. The fourth-order valence-corrected chi connectivity index (χ4v) is 2.76. The average Bonchev–Trinajstić information content (AvgIpc) is 2.74. The van der Waals surface area contributed by atoms with Crippen molar-refractivity contribution in [2.24, 2.45) is 0 Å². The van der Waals surface area contributed by atoms with E-state index in [1.807, 2.05) is 24.3 Å². The topological polar surface area (TPSA) is 123 Å². The minimum Gasteiger partial charge on any atom is -0.491 e. The smallest absolute Gasteiger partial charge is 0.264 e. The molecular formula is C21H26O8S. The van der Waals surface area contributed by atoms with Gasteiger partial charge in [0.1, 0.15) is 36.9 Å². The first-order valence-corrected chi connectivity index (χ1v) is 11.0. The molecule has 0 radical (unpaired) electrons. The van der Waals surface area contributed by atoms with Crippen LogP contribution in [0.5, 0.6) is 11.5 Å². The monoisotopic (exact) mass is 438 g/mol. The summed E-state index contributed by atoms with van der Waals surface area (Å²) in [6, 6.07) is 14.3. The Hall–Kier alpha value is -2.43. The highest BCUT2D eigenvalue weighted by Gasteiger charge is 2.11. The zero-order valence-corrected chi connectivity index (χ0v) is 17.4. The molecule has 2 aromatic carbocycles. The highest BCUT2D eigenvalue weighted by Crippen LogP contribution is 2.25. The number of hydrogen-bond donors (Lipinski definition) is 3. The van der Waals surface area contributed by atoms with Crippen LogP contribution in [0.3, 0.4) is 0 Å². The van der Waals surface area contributed by atoms with Crippen molar-refractivity contribution < 1.29 is 37.4 Å². The molecule has 2 unspecified atom stereocenters. The van der Waals surface area contributed by atoms with Crippen LogP contribution in [0.1, 0.15) is 11.1 Å². The number of aliphatic hydroxyl groups is 3. The molecule has 164 valence electrons. The molecule has 30 heavy (non-hydrogen) atoms. The van der Waals surface area contributed by atoms with Gasteiger partial charge >= 0.3 is 0 Å². The molecule has 0 spiro atoms. The third-order valence-corrected chi connectivity index (χ3v) is 4.54. The van der Waals surface area contributed by atoms with Gasteiger partial charge in [-0.05, 0) is 41.0 Å². The molecule has 0 saturated carbocycles. The van der Waals surface area contributed by atoms with Crippen molar-refractivity contribution in [2.45, 2.75) is 12.2 Å². The zero-order chi connectivity index (χ0) is 22.1. The molecule has 0 heterocycles. The lowest BCUT2D eigenvalue weighted by Gasteiger charge is -2.13. The lowest BCUT2D eigenvalue weighted by Crippen LogP contribution is -2.24. The van der Waals surface area contributed by atoms with E-state index in [4.69, 9.17) is 14.6 Å². The minimum atomic E-state index is -3.61. The van der Waals surface area contributed by atoms with E-state index < -0.39 is 22.3 Å². The summed E-state index contributed by atoms with van der Waals surface area (Å²) in [4.78, 5) is 0. The SMILES string of the molecule is C=C(c1ccc(OCC(O)CO)cc1)c1ccc(OCC(O)COS(C)(=O)=O)cc1. The van der Waals surface area contributed by atoms with E-state index in [2.05, 4.69) is 10.8 Å². The second-order valence-electron chi connectivity index (χ2n) is 6.63. The van der Waals surface area contributed by atoms with Crippen molar-refractivity contribution in [3.05, 3.63) is 66.2 Å². The summed E-state index contributed by atoms with van der Waals surface area (Å²) >= 11 is 0. The molecule has 0 amide bonds. The van der Waals surface area contributed by atoms with E-state index >= 15 is 0 Å². The third-order valence-electron chi connectivity index (χ3n) is 3.98. The molecule has 0 saturated heterocycles. The van der Waals surface area contributed by atoms with Gasteiger partial charge in [-0.25, -0.2) is 0 Å². The molecule has 2 aromatic rings. The van der Waals surface area contributed by atoms with Gasteiger partial charge in [-0.15, -0.1) is 0 Å². The van der Waals surface area contributed by atoms with Gasteiger partial charge in [0.15, 0.2) is 0 Å². The fraction of sp³-hybridized carbons (Fsp3) is 0.333. The van der Waals surface area contributed by atoms with Crippen LogP contribution in [-0.4, -0.2) is 68.6 Å². The summed E-state index contributed by atoms with van der Waals surface area (Å²) in [5.41, 5.74) is 2.53. The van der Waals surface area contributed by atoms with E-state index in [-0.39, 0.29) is 26.4 Å². The largest absolute Gasteiger partial charge is 0.491 e. The summed E-state index contributed by atoms with van der Waals surface area (Å²) in [6.45, 7) is 3.27. The van der Waals surface area contributed by atoms with Gasteiger partial charge in [0.05, 0.1) is 19.5 Å². The number of benzene rings is 2. The lowest BCUT2D eigenvalue weighted by molar-refractivity contribution is 0.0536. The molecule has 0 fully saturated rings. The van der Waals surface area contributed by atoms with E-state index in [1.165, 1.54) is 0 Å². The Kier molecular flexibility index (Phi) is 8.82. The number of aliphatic hydroxyl groups excluding tert-OH is 3. The van der Waals surface area contributed by atoms with Crippen molar-refractivity contribution in [2.75, 3.05) is 32.7 Å². The second-order valence-corrected chi connectivity index (χ2v) is 8.27. The third kappa shape index (κ3) is 8.13. The molecule has 2 rings (SSSR count). The Morgan fingerprint density at radius 2 is 1.30 bits per heavy atom. The molecule has 3 N–H and O–H groups in total. The van der Waals surface area contributed by atoms with Crippen LogP contribution < -0.4 is 9.47 Å². The lowest BCUT2D eigenvalue weighted by atomic mass is 9.99. The van der Waals surface area contributed by atoms with Crippen molar-refractivity contribution in [1.29, 1.82) is 0 Å². The highest BCUT2D eigenvalue weighted by molar-refractivity contribution is 7.85. The van der Waals surface area contributed by atoms with Gasteiger partial charge in [0.2, 0.25) is 0 Å². The molecule has 0 aliphatic carbocycles. The van der Waals surface area contributed by atoms with Crippen molar-refractivity contribution in [3.8, 4) is 11.5 Å². The summed E-state index contributed by atoms with van der Waals surface area (Å²) in [6.07, 6.45) is -1.09. The summed E-state index contributed by atoms with van der Waals surface area (Å²) in [5, 5.41) is 27.8. The Morgan fingerprint density at radius 1 is 0.867 bits per heavy atom. The molecule has 0 aromatic heterocycles. The van der Waals surface area contributed by atoms with Gasteiger partial charge in [-0.3, -0.25) is 4.18 Å². The second kappa shape index (κ2) is 11.1. The maximum absolute atomic E-state index is 10.9. The molecular weight excluding hydrogens is 412 g/mol. The molecule has 8 nitrogen and oxygen atoms in total. The molecule has 0 aliphatic rings. The summed E-state index contributed by atoms with van der Waals surface area (Å²) in [7, 11) is -3.61. The minimum absolute atomic E-state index is 0.00728. The predicted molar refractivity (Wildman–Crippen MR) is 112 cm³/mol. The quantitative estimate of drug-likeness (QED) is 0.423. The van der Waals surface area contributed by atoms with Crippen molar-refractivity contribution in [1.82, 2.24) is 0 Å². The van der Waals surface area contributed by atoms with Crippen LogP contribution >= 0.6 is 0 Å². The van der Waals surface area contributed by atoms with Crippen LogP contribution in [0.15, 0.2) is 55.1 Å². The van der Waals surface area contributed by atoms with Gasteiger partial charge in [0.25, 0.3) is 10.1 Å². The van der Waals surface area contributed by atoms with Crippen LogP contribution in [-0.2, 0) is 14.3 Å². The van der Waals surface area contributed by atoms with Crippen LogP contribution in [0, 0.1) is 0 Å². The van der Waals surface area contributed by atoms with Crippen molar-refractivity contribution >= 4 is 15.7 Å². The number of ether oxygens (including phenoxy) is 2. The van der Waals surface area contributed by atoms with E-state index in [0.717, 1.165) is 23.0 Å². The number of hydrogen-bond acceptors (Lipinski definition) is 8. The normalized spacial score (nSPS) is 13.5. The maximum Gasteiger partial charge on any atom is 0.264 e. The van der Waals surface area contributed by atoms with Crippen LogP contribution in [0.4, 0.5) is 0 Å². The first-order chi connectivity index (χ1) is 14.2. The van der Waals surface area contributed by atoms with Gasteiger partial charge in [-0.2, -0.15) is 8.42 Å². The Balaban J connectivity index is 1.88. The van der Waals surface area contributed by atoms with Gasteiger partial charge < -0.3 is 24.8 Å².